The SMILES string of the molecule is Cc1ccc(S(=O)(=O)NC2C(=O)N3C(C(=O)O)=C(CSc4nnnn4C)CS[C@@H]23)cc1. The van der Waals surface area contributed by atoms with Gasteiger partial charge in [0.2, 0.25) is 21.1 Å². The third kappa shape index (κ3) is 4.07. The van der Waals surface area contributed by atoms with Crippen molar-refractivity contribution in [3.05, 3.63) is 41.1 Å². The van der Waals surface area contributed by atoms with Crippen molar-refractivity contribution in [2.75, 3.05) is 11.5 Å². The molecule has 0 bridgehead atoms. The van der Waals surface area contributed by atoms with Crippen LogP contribution in [0.4, 0.5) is 0 Å². The zero-order valence-electron chi connectivity index (χ0n) is 16.4. The van der Waals surface area contributed by atoms with Gasteiger partial charge in [0, 0.05) is 18.6 Å². The molecule has 31 heavy (non-hydrogen) atoms. The Morgan fingerprint density at radius 2 is 2.06 bits per heavy atom. The molecule has 1 aromatic carbocycles. The molecular formula is C17H18N6O5S3. The van der Waals surface area contributed by atoms with Crippen LogP contribution in [0, 0.1) is 6.92 Å². The Hall–Kier alpha value is -2.42. The van der Waals surface area contributed by atoms with Crippen LogP contribution in [0.2, 0.25) is 0 Å². The summed E-state index contributed by atoms with van der Waals surface area (Å²) in [4.78, 5) is 25.9. The van der Waals surface area contributed by atoms with E-state index in [0.717, 1.165) is 10.5 Å². The van der Waals surface area contributed by atoms with Crippen LogP contribution in [0.3, 0.4) is 0 Å². The van der Waals surface area contributed by atoms with Crippen molar-refractivity contribution in [2.45, 2.75) is 28.4 Å². The average molecular weight is 483 g/mol. The van der Waals surface area contributed by atoms with Gasteiger partial charge in [0.1, 0.15) is 17.1 Å². The lowest BCUT2D eigenvalue weighted by Crippen LogP contribution is -2.70. The zero-order chi connectivity index (χ0) is 22.3. The van der Waals surface area contributed by atoms with E-state index in [0.29, 0.717) is 22.2 Å². The number of thioether (sulfide) groups is 2. The number of carbonyl (C=O) groups excluding carboxylic acids is 1. The van der Waals surface area contributed by atoms with Crippen molar-refractivity contribution in [3.8, 4) is 0 Å². The van der Waals surface area contributed by atoms with Crippen molar-refractivity contribution in [3.63, 3.8) is 0 Å². The standard InChI is InChI=1S/C17H18N6O5S3/c1-9-3-5-11(6-4-9)31(27,28)19-12-14(24)23-13(16(25)26)10(7-29-15(12)23)8-30-17-18-20-21-22(17)2/h3-6,12,15,19H,7-8H2,1-2H3,(H,25,26)/t12?,15-/m0/s1. The van der Waals surface area contributed by atoms with Crippen molar-refractivity contribution in [1.82, 2.24) is 29.8 Å². The van der Waals surface area contributed by atoms with E-state index in [1.54, 1.807) is 19.2 Å². The fourth-order valence-electron chi connectivity index (χ4n) is 3.22. The van der Waals surface area contributed by atoms with Gasteiger partial charge in [-0.2, -0.15) is 4.72 Å². The molecule has 2 aliphatic rings. The van der Waals surface area contributed by atoms with Crippen LogP contribution in [0.5, 0.6) is 0 Å². The number of hydrogen-bond acceptors (Lipinski definition) is 9. The topological polar surface area (TPSA) is 147 Å². The van der Waals surface area contributed by atoms with Gasteiger partial charge in [-0.15, -0.1) is 16.9 Å². The minimum Gasteiger partial charge on any atom is -0.477 e. The molecule has 2 aliphatic heterocycles. The molecule has 0 spiro atoms. The van der Waals surface area contributed by atoms with Gasteiger partial charge >= 0.3 is 5.97 Å². The third-order valence-electron chi connectivity index (χ3n) is 4.82. The van der Waals surface area contributed by atoms with Gasteiger partial charge in [-0.25, -0.2) is 17.9 Å². The Balaban J connectivity index is 1.52. The Morgan fingerprint density at radius 3 is 2.68 bits per heavy atom. The number of rotatable bonds is 7. The number of amides is 1. The van der Waals surface area contributed by atoms with E-state index in [9.17, 15) is 23.1 Å². The maximum Gasteiger partial charge on any atom is 0.352 e. The number of nitrogens with one attached hydrogen (secondary N) is 1. The van der Waals surface area contributed by atoms with E-state index in [4.69, 9.17) is 0 Å². The summed E-state index contributed by atoms with van der Waals surface area (Å²) in [6.45, 7) is 1.84. The molecular weight excluding hydrogens is 464 g/mol. The molecule has 1 unspecified atom stereocenters. The monoisotopic (exact) mass is 482 g/mol. The summed E-state index contributed by atoms with van der Waals surface area (Å²) in [7, 11) is -2.25. The Bertz CT molecular complexity index is 1180. The highest BCUT2D eigenvalue weighted by molar-refractivity contribution is 8.01. The first-order valence-electron chi connectivity index (χ1n) is 9.03. The van der Waals surface area contributed by atoms with Gasteiger partial charge in [0.15, 0.2) is 0 Å². The first-order chi connectivity index (χ1) is 14.7. The molecule has 164 valence electrons. The number of carbonyl (C=O) groups is 2. The number of tetrazole rings is 1. The molecule has 0 radical (unpaired) electrons. The zero-order valence-corrected chi connectivity index (χ0v) is 18.9. The minimum absolute atomic E-state index is 0.0496. The molecule has 1 aromatic heterocycles. The van der Waals surface area contributed by atoms with Gasteiger partial charge in [0.05, 0.1) is 4.90 Å². The highest BCUT2D eigenvalue weighted by atomic mass is 32.2. The maximum absolute atomic E-state index is 12.8. The second-order valence-electron chi connectivity index (χ2n) is 6.95. The van der Waals surface area contributed by atoms with Gasteiger partial charge in [0.25, 0.3) is 0 Å². The number of sulfonamides is 1. The Labute approximate surface area is 186 Å². The van der Waals surface area contributed by atoms with Crippen LogP contribution < -0.4 is 4.72 Å². The maximum atomic E-state index is 12.8. The molecule has 2 aromatic rings. The number of aryl methyl sites for hydroxylation is 2. The highest BCUT2D eigenvalue weighted by Crippen LogP contribution is 2.41. The van der Waals surface area contributed by atoms with Crippen LogP contribution in [-0.2, 0) is 26.7 Å². The van der Waals surface area contributed by atoms with Crippen LogP contribution in [-0.4, -0.2) is 73.4 Å². The predicted octanol–water partition coefficient (Wildman–Crippen LogP) is 0.212. The van der Waals surface area contributed by atoms with E-state index in [2.05, 4.69) is 20.2 Å². The van der Waals surface area contributed by atoms with Gasteiger partial charge < -0.3 is 5.11 Å². The molecule has 11 nitrogen and oxygen atoms in total. The number of benzene rings is 1. The number of fused-ring (bicyclic) bond motifs is 1. The Morgan fingerprint density at radius 1 is 1.35 bits per heavy atom. The molecule has 2 N–H and O–H groups in total. The smallest absolute Gasteiger partial charge is 0.352 e. The van der Waals surface area contributed by atoms with Crippen LogP contribution in [0.25, 0.3) is 0 Å². The minimum atomic E-state index is -3.92. The lowest BCUT2D eigenvalue weighted by atomic mass is 10.0. The van der Waals surface area contributed by atoms with E-state index < -0.39 is 33.3 Å². The molecule has 1 saturated heterocycles. The van der Waals surface area contributed by atoms with Crippen LogP contribution in [0.1, 0.15) is 5.56 Å². The summed E-state index contributed by atoms with van der Waals surface area (Å²) in [5.74, 6) is -1.19. The molecule has 3 heterocycles. The van der Waals surface area contributed by atoms with Gasteiger partial charge in [-0.05, 0) is 35.1 Å². The number of hydrogen-bond donors (Lipinski definition) is 2. The number of nitrogens with zero attached hydrogens (tertiary/aromatic N) is 5. The fourth-order valence-corrected chi connectivity index (χ4v) is 6.83. The van der Waals surface area contributed by atoms with Gasteiger partial charge in [-0.3, -0.25) is 9.69 Å². The summed E-state index contributed by atoms with van der Waals surface area (Å²) >= 11 is 2.58. The summed E-state index contributed by atoms with van der Waals surface area (Å²) < 4.78 is 29.2. The molecule has 0 saturated carbocycles. The van der Waals surface area contributed by atoms with Crippen molar-refractivity contribution in [1.29, 1.82) is 0 Å². The molecule has 2 atom stereocenters. The van der Waals surface area contributed by atoms with Crippen LogP contribution >= 0.6 is 23.5 Å². The lowest BCUT2D eigenvalue weighted by Gasteiger charge is -2.49. The Kier molecular flexibility index (Phi) is 5.81. The summed E-state index contributed by atoms with van der Waals surface area (Å²) in [5.41, 5.74) is 1.35. The molecule has 4 rings (SSSR count). The number of carboxylic acid groups (broad SMARTS) is 1. The number of carboxylic acids is 1. The number of β-lactam (4-membered cyclic amide) rings is 1. The highest BCUT2D eigenvalue weighted by Gasteiger charge is 2.54. The van der Waals surface area contributed by atoms with Crippen LogP contribution in [0.15, 0.2) is 45.6 Å². The molecule has 0 aliphatic carbocycles. The summed E-state index contributed by atoms with van der Waals surface area (Å²) in [6, 6.07) is 5.24. The summed E-state index contributed by atoms with van der Waals surface area (Å²) in [5, 5.41) is 20.7. The van der Waals surface area contributed by atoms with E-state index >= 15 is 0 Å². The number of aliphatic carboxylic acids is 1. The van der Waals surface area contributed by atoms with Crippen molar-refractivity contribution >= 4 is 45.4 Å². The first-order valence-corrected chi connectivity index (χ1v) is 12.5. The van der Waals surface area contributed by atoms with E-state index in [1.807, 2.05) is 6.92 Å². The summed E-state index contributed by atoms with van der Waals surface area (Å²) in [6.07, 6.45) is 0. The third-order valence-corrected chi connectivity index (χ3v) is 8.71. The molecule has 1 amide bonds. The predicted molar refractivity (Wildman–Crippen MR) is 113 cm³/mol. The van der Waals surface area contributed by atoms with Crippen molar-refractivity contribution in [2.24, 2.45) is 7.05 Å². The number of aromatic nitrogens is 4. The normalized spacial score (nSPS) is 21.1. The molecule has 1 fully saturated rings. The average Bonchev–Trinajstić information content (AvgIpc) is 3.14. The fraction of sp³-hybridized carbons (Fsp3) is 0.353. The van der Waals surface area contributed by atoms with E-state index in [1.165, 1.54) is 40.3 Å². The molecule has 14 heteroatoms. The largest absolute Gasteiger partial charge is 0.477 e. The quantitative estimate of drug-likeness (QED) is 0.414. The first kappa shape index (κ1) is 21.8. The lowest BCUT2D eigenvalue weighted by molar-refractivity contribution is -0.148. The second-order valence-corrected chi connectivity index (χ2v) is 10.7. The van der Waals surface area contributed by atoms with E-state index in [-0.39, 0.29) is 10.6 Å². The second kappa shape index (κ2) is 8.26. The van der Waals surface area contributed by atoms with Crippen molar-refractivity contribution < 1.29 is 23.1 Å². The van der Waals surface area contributed by atoms with Gasteiger partial charge in [-0.1, -0.05) is 29.5 Å².